The van der Waals surface area contributed by atoms with E-state index in [9.17, 15) is 10.1 Å². The third-order valence-corrected chi connectivity index (χ3v) is 6.52. The van der Waals surface area contributed by atoms with Crippen molar-refractivity contribution < 1.29 is 14.3 Å². The summed E-state index contributed by atoms with van der Waals surface area (Å²) in [6, 6.07) is 10.9. The molecule has 0 amide bonds. The Kier molecular flexibility index (Phi) is 11.0. The highest BCUT2D eigenvalue weighted by atomic mass is 16.6. The van der Waals surface area contributed by atoms with Crippen LogP contribution in [0.5, 0.6) is 5.75 Å². The molecule has 0 unspecified atom stereocenters. The van der Waals surface area contributed by atoms with Crippen molar-refractivity contribution in [2.45, 2.75) is 52.5 Å². The third-order valence-electron chi connectivity index (χ3n) is 6.52. The van der Waals surface area contributed by atoms with E-state index < -0.39 is 4.92 Å². The number of nitrogens with one attached hydrogen (secondary N) is 4. The molecule has 0 atom stereocenters. The summed E-state index contributed by atoms with van der Waals surface area (Å²) in [6.07, 6.45) is 4.91. The number of anilines is 4. The van der Waals surface area contributed by atoms with Crippen molar-refractivity contribution in [3.05, 3.63) is 52.1 Å². The lowest BCUT2D eigenvalue weighted by Crippen LogP contribution is -2.14. The number of benzene rings is 2. The maximum Gasteiger partial charge on any atom is 0.300 e. The maximum atomic E-state index is 11.1. The normalized spacial score (nSPS) is 11.0. The van der Waals surface area contributed by atoms with Crippen molar-refractivity contribution in [2.75, 3.05) is 48.0 Å². The Morgan fingerprint density at radius 1 is 0.857 bits per heavy atom. The molecule has 0 aliphatic heterocycles. The number of ether oxygens (including phenoxy) is 1. The lowest BCUT2D eigenvalue weighted by atomic mass is 10.1. The number of hydrogen-bond acceptors (Lipinski definition) is 13. The summed E-state index contributed by atoms with van der Waals surface area (Å²) in [5.74, 6) is 2.93. The fraction of sp³-hybridized carbons (Fsp3) is 0.464. The molecule has 2 aromatic heterocycles. The molecule has 0 saturated carbocycles. The first kappa shape index (κ1) is 30.2. The van der Waals surface area contributed by atoms with Crippen molar-refractivity contribution in [1.29, 1.82) is 0 Å². The number of nitro groups is 1. The molecule has 224 valence electrons. The van der Waals surface area contributed by atoms with Gasteiger partial charge in [0.2, 0.25) is 23.4 Å². The SMILES string of the molecule is COc1cccc(CNc2nc(NCCCCCCNc3ccc([N+](=O)[O-])c4nonc34)nc(NCCC(C)C)n2)c1. The van der Waals surface area contributed by atoms with E-state index in [1.807, 2.05) is 24.3 Å². The summed E-state index contributed by atoms with van der Waals surface area (Å²) < 4.78 is 10.0. The molecule has 14 nitrogen and oxygen atoms in total. The van der Waals surface area contributed by atoms with Gasteiger partial charge in [0.05, 0.1) is 17.7 Å². The van der Waals surface area contributed by atoms with Crippen LogP contribution in [0.25, 0.3) is 11.0 Å². The molecular weight excluding hydrogens is 540 g/mol. The zero-order chi connectivity index (χ0) is 29.7. The molecule has 0 aliphatic rings. The molecular formula is C28H38N10O4. The van der Waals surface area contributed by atoms with E-state index in [4.69, 9.17) is 9.37 Å². The molecule has 42 heavy (non-hydrogen) atoms. The Morgan fingerprint density at radius 2 is 1.52 bits per heavy atom. The fourth-order valence-electron chi connectivity index (χ4n) is 4.22. The van der Waals surface area contributed by atoms with Crippen LogP contribution in [0.3, 0.4) is 0 Å². The molecule has 4 N–H and O–H groups in total. The second kappa shape index (κ2) is 15.3. The van der Waals surface area contributed by atoms with E-state index in [0.29, 0.717) is 48.1 Å². The van der Waals surface area contributed by atoms with Gasteiger partial charge in [-0.05, 0) is 59.3 Å². The first-order valence-corrected chi connectivity index (χ1v) is 14.2. The zero-order valence-electron chi connectivity index (χ0n) is 24.2. The molecule has 2 aromatic carbocycles. The molecule has 0 saturated heterocycles. The third kappa shape index (κ3) is 8.88. The van der Waals surface area contributed by atoms with Crippen molar-refractivity contribution in [2.24, 2.45) is 5.92 Å². The number of unbranched alkanes of at least 4 members (excludes halogenated alkanes) is 3. The van der Waals surface area contributed by atoms with E-state index in [-0.39, 0.29) is 11.2 Å². The van der Waals surface area contributed by atoms with Gasteiger partial charge in [-0.15, -0.1) is 0 Å². The minimum Gasteiger partial charge on any atom is -0.497 e. The number of aromatic nitrogens is 5. The van der Waals surface area contributed by atoms with Gasteiger partial charge < -0.3 is 26.0 Å². The number of nitrogens with zero attached hydrogens (tertiary/aromatic N) is 6. The summed E-state index contributed by atoms with van der Waals surface area (Å²) >= 11 is 0. The van der Waals surface area contributed by atoms with Crippen molar-refractivity contribution in [3.63, 3.8) is 0 Å². The van der Waals surface area contributed by atoms with Gasteiger partial charge in [0.25, 0.3) is 0 Å². The van der Waals surface area contributed by atoms with Gasteiger partial charge in [-0.3, -0.25) is 10.1 Å². The van der Waals surface area contributed by atoms with Crippen LogP contribution in [0, 0.1) is 16.0 Å². The number of fused-ring (bicyclic) bond motifs is 1. The van der Waals surface area contributed by atoms with Gasteiger partial charge in [0, 0.05) is 32.2 Å². The molecule has 4 aromatic rings. The number of rotatable bonds is 18. The Labute approximate surface area is 244 Å². The van der Waals surface area contributed by atoms with Gasteiger partial charge in [-0.2, -0.15) is 15.0 Å². The molecule has 4 rings (SSSR count). The van der Waals surface area contributed by atoms with Gasteiger partial charge in [-0.1, -0.05) is 38.8 Å². The quantitative estimate of drug-likeness (QED) is 0.0663. The van der Waals surface area contributed by atoms with Crippen LogP contribution in [0.1, 0.15) is 51.5 Å². The predicted molar refractivity (Wildman–Crippen MR) is 162 cm³/mol. The lowest BCUT2D eigenvalue weighted by molar-refractivity contribution is -0.383. The minimum absolute atomic E-state index is 0.124. The van der Waals surface area contributed by atoms with Gasteiger partial charge in [-0.25, -0.2) is 4.63 Å². The summed E-state index contributed by atoms with van der Waals surface area (Å²) in [5.41, 5.74) is 2.11. The fourth-order valence-corrected chi connectivity index (χ4v) is 4.22. The monoisotopic (exact) mass is 578 g/mol. The van der Waals surface area contributed by atoms with Gasteiger partial charge >= 0.3 is 5.69 Å². The molecule has 14 heteroatoms. The predicted octanol–water partition coefficient (Wildman–Crippen LogP) is 5.48. The van der Waals surface area contributed by atoms with E-state index in [1.54, 1.807) is 13.2 Å². The van der Waals surface area contributed by atoms with E-state index >= 15 is 0 Å². The standard InChI is InChI=1S/C28H38N10O4/c1-19(2)13-16-31-27-33-26(34-28(35-27)32-18-20-9-8-10-21(17-20)41-3)30-15-7-5-4-6-14-29-22-11-12-23(38(39)40)25-24(22)36-42-37-25/h8-12,17,19,29H,4-7,13-16,18H2,1-3H3,(H3,30,31,32,33,34,35). The highest BCUT2D eigenvalue weighted by Crippen LogP contribution is 2.28. The topological polar surface area (TPSA) is 178 Å². The van der Waals surface area contributed by atoms with Crippen LogP contribution in [-0.4, -0.2) is 56.9 Å². The van der Waals surface area contributed by atoms with Crippen LogP contribution in [0.4, 0.5) is 29.2 Å². The molecule has 0 fully saturated rings. The second-order valence-electron chi connectivity index (χ2n) is 10.2. The number of non-ortho nitro benzene ring substituents is 1. The van der Waals surface area contributed by atoms with Crippen LogP contribution in [0.15, 0.2) is 41.0 Å². The lowest BCUT2D eigenvalue weighted by Gasteiger charge is -2.12. The summed E-state index contributed by atoms with van der Waals surface area (Å²) in [5, 5.41) is 31.8. The summed E-state index contributed by atoms with van der Waals surface area (Å²) in [7, 11) is 1.65. The average molecular weight is 579 g/mol. The van der Waals surface area contributed by atoms with Crippen molar-refractivity contribution in [1.82, 2.24) is 25.3 Å². The Balaban J connectivity index is 1.22. The summed E-state index contributed by atoms with van der Waals surface area (Å²) in [4.78, 5) is 24.3. The van der Waals surface area contributed by atoms with Crippen LogP contribution >= 0.6 is 0 Å². The van der Waals surface area contributed by atoms with E-state index in [1.165, 1.54) is 6.07 Å². The molecule has 0 radical (unpaired) electrons. The molecule has 0 bridgehead atoms. The number of hydrogen-bond donors (Lipinski definition) is 4. The number of nitro benzene ring substituents is 1. The molecule has 2 heterocycles. The first-order valence-electron chi connectivity index (χ1n) is 14.2. The van der Waals surface area contributed by atoms with Crippen LogP contribution in [0.2, 0.25) is 0 Å². The second-order valence-corrected chi connectivity index (χ2v) is 10.2. The first-order chi connectivity index (χ1) is 20.4. The Bertz CT molecular complexity index is 1450. The van der Waals surface area contributed by atoms with Crippen molar-refractivity contribution in [3.8, 4) is 5.75 Å². The minimum atomic E-state index is -0.495. The maximum absolute atomic E-state index is 11.1. The Morgan fingerprint density at radius 3 is 2.21 bits per heavy atom. The highest BCUT2D eigenvalue weighted by molar-refractivity contribution is 5.93. The van der Waals surface area contributed by atoms with Crippen molar-refractivity contribution >= 4 is 40.3 Å². The largest absolute Gasteiger partial charge is 0.497 e. The van der Waals surface area contributed by atoms with Crippen LogP contribution < -0.4 is 26.0 Å². The van der Waals surface area contributed by atoms with E-state index in [0.717, 1.165) is 56.5 Å². The highest BCUT2D eigenvalue weighted by Gasteiger charge is 2.19. The van der Waals surface area contributed by atoms with Gasteiger partial charge in [0.1, 0.15) is 5.75 Å². The smallest absolute Gasteiger partial charge is 0.300 e. The number of methoxy groups -OCH3 is 1. The Hall–Kier alpha value is -4.75. The summed E-state index contributed by atoms with van der Waals surface area (Å²) in [6.45, 7) is 7.13. The molecule has 0 spiro atoms. The van der Waals surface area contributed by atoms with Crippen LogP contribution in [-0.2, 0) is 6.54 Å². The van der Waals surface area contributed by atoms with Gasteiger partial charge in [0.15, 0.2) is 5.52 Å². The molecule has 0 aliphatic carbocycles. The van der Waals surface area contributed by atoms with E-state index in [2.05, 4.69) is 60.4 Å². The average Bonchev–Trinajstić information content (AvgIpc) is 3.47. The zero-order valence-corrected chi connectivity index (χ0v) is 24.2.